The fourth-order valence-corrected chi connectivity index (χ4v) is 3.32. The summed E-state index contributed by atoms with van der Waals surface area (Å²) in [6.45, 7) is 7.19. The molecule has 0 fully saturated rings. The van der Waals surface area contributed by atoms with Crippen LogP contribution in [0.3, 0.4) is 0 Å². The second-order valence-corrected chi connectivity index (χ2v) is 13.6. The highest BCUT2D eigenvalue weighted by Crippen LogP contribution is 2.44. The van der Waals surface area contributed by atoms with Crippen molar-refractivity contribution in [3.8, 4) is 0 Å². The van der Waals surface area contributed by atoms with Crippen LogP contribution < -0.4 is 0 Å². The maximum atomic E-state index is 14.3. The van der Waals surface area contributed by atoms with E-state index in [9.17, 15) is 13.6 Å². The largest absolute Gasteiger partial charge is 0.361 e. The molecule has 0 aromatic heterocycles. The molecule has 0 saturated carbocycles. The number of allylic oxidation sites excluding steroid dienone is 3. The van der Waals surface area contributed by atoms with E-state index in [1.807, 2.05) is 0 Å². The summed E-state index contributed by atoms with van der Waals surface area (Å²) < 4.78 is 33.7. The highest BCUT2D eigenvalue weighted by Gasteiger charge is 2.46. The van der Waals surface area contributed by atoms with Crippen LogP contribution in [0, 0.1) is 0 Å². The van der Waals surface area contributed by atoms with Gasteiger partial charge in [0.05, 0.1) is 10.2 Å². The van der Waals surface area contributed by atoms with Crippen LogP contribution in [0.5, 0.6) is 0 Å². The molecule has 0 N–H and O–H groups in total. The number of carbonyl (C=O) groups is 1. The lowest BCUT2D eigenvalue weighted by Crippen LogP contribution is -2.43. The van der Waals surface area contributed by atoms with Gasteiger partial charge >= 0.3 is 0 Å². The topological polar surface area (TPSA) is 41.9 Å². The third-order valence-corrected chi connectivity index (χ3v) is 6.55. The summed E-state index contributed by atoms with van der Waals surface area (Å²) in [7, 11) is -1.23. The molecule has 0 aromatic rings. The number of hydrogen-bond acceptors (Lipinski definition) is 3. The van der Waals surface area contributed by atoms with Crippen LogP contribution in [0.15, 0.2) is 27.0 Å². The zero-order chi connectivity index (χ0) is 17.4. The van der Waals surface area contributed by atoms with Crippen molar-refractivity contribution in [2.45, 2.75) is 30.8 Å². The molecule has 0 bridgehead atoms. The van der Waals surface area contributed by atoms with Gasteiger partial charge in [-0.3, -0.25) is 14.7 Å². The normalized spacial score (nSPS) is 25.3. The van der Waals surface area contributed by atoms with Gasteiger partial charge in [0.2, 0.25) is 0 Å². The fourth-order valence-electron chi connectivity index (χ4n) is 2.02. The molecule has 1 heterocycles. The second kappa shape index (κ2) is 6.74. The minimum absolute atomic E-state index is 0.0106. The Morgan fingerprint density at radius 3 is 2.78 bits per heavy atom. The summed E-state index contributed by atoms with van der Waals surface area (Å²) in [4.78, 5) is 17.7. The van der Waals surface area contributed by atoms with Crippen molar-refractivity contribution in [1.82, 2.24) is 4.90 Å². The Labute approximate surface area is 148 Å². The first-order chi connectivity index (χ1) is 10.5. The number of amides is 1. The van der Waals surface area contributed by atoms with Gasteiger partial charge in [-0.1, -0.05) is 47.2 Å². The van der Waals surface area contributed by atoms with Gasteiger partial charge < -0.3 is 4.74 Å². The van der Waals surface area contributed by atoms with Gasteiger partial charge in [0.15, 0.2) is 5.83 Å². The molecule has 4 nitrogen and oxygen atoms in total. The van der Waals surface area contributed by atoms with E-state index in [1.54, 1.807) is 0 Å². The Bertz CT molecular complexity index is 614. The van der Waals surface area contributed by atoms with Crippen molar-refractivity contribution in [1.29, 1.82) is 0 Å². The third kappa shape index (κ3) is 4.10. The molecule has 1 amide bonds. The lowest BCUT2D eigenvalue weighted by molar-refractivity contribution is -0.132. The lowest BCUT2D eigenvalue weighted by Gasteiger charge is -2.31. The third-order valence-electron chi connectivity index (χ3n) is 3.47. The molecular formula is C14H18BrClF2N2O2Si. The number of halogens is 4. The first-order valence-corrected chi connectivity index (χ1v) is 12.0. The average molecular weight is 428 g/mol. The van der Waals surface area contributed by atoms with E-state index in [4.69, 9.17) is 16.3 Å². The van der Waals surface area contributed by atoms with E-state index < -0.39 is 30.5 Å². The summed E-state index contributed by atoms with van der Waals surface area (Å²) in [5, 5.41) is -2.87. The lowest BCUT2D eigenvalue weighted by atomic mass is 9.98. The van der Waals surface area contributed by atoms with Crippen LogP contribution in [-0.4, -0.2) is 49.7 Å². The van der Waals surface area contributed by atoms with Crippen LogP contribution >= 0.6 is 27.5 Å². The molecule has 1 unspecified atom stereocenters. The van der Waals surface area contributed by atoms with E-state index in [0.29, 0.717) is 6.61 Å². The molecule has 1 aliphatic carbocycles. The molecule has 2 rings (SSSR count). The predicted octanol–water partition coefficient (Wildman–Crippen LogP) is 3.96. The average Bonchev–Trinajstić information content (AvgIpc) is 2.42. The Kier molecular flexibility index (Phi) is 5.50. The van der Waals surface area contributed by atoms with E-state index >= 15 is 0 Å². The maximum Gasteiger partial charge on any atom is 0.267 e. The number of hydrogen-bond donors (Lipinski definition) is 0. The van der Waals surface area contributed by atoms with Crippen molar-refractivity contribution in [2.24, 2.45) is 4.99 Å². The molecule has 23 heavy (non-hydrogen) atoms. The van der Waals surface area contributed by atoms with Gasteiger partial charge in [-0.05, 0) is 12.1 Å². The first kappa shape index (κ1) is 18.8. The number of nitrogens with zero attached hydrogens (tertiary/aromatic N) is 2. The van der Waals surface area contributed by atoms with Crippen LogP contribution in [0.25, 0.3) is 0 Å². The monoisotopic (exact) mass is 426 g/mol. The quantitative estimate of drug-likeness (QED) is 0.379. The van der Waals surface area contributed by atoms with Crippen LogP contribution in [0.4, 0.5) is 8.78 Å². The molecule has 1 atom stereocenters. The van der Waals surface area contributed by atoms with E-state index in [0.717, 1.165) is 6.04 Å². The Hall–Kier alpha value is -0.573. The van der Waals surface area contributed by atoms with Crippen molar-refractivity contribution in [3.63, 3.8) is 0 Å². The molecule has 0 aromatic carbocycles. The first-order valence-electron chi connectivity index (χ1n) is 7.11. The number of fused-ring (bicyclic) bond motifs is 1. The molecule has 128 valence electrons. The summed E-state index contributed by atoms with van der Waals surface area (Å²) in [6, 6.07) is 0.950. The molecule has 9 heteroatoms. The number of ether oxygens (including phenoxy) is 1. The number of rotatable bonds is 5. The van der Waals surface area contributed by atoms with Gasteiger partial charge in [-0.25, -0.2) is 8.78 Å². The van der Waals surface area contributed by atoms with Gasteiger partial charge in [-0.15, -0.1) is 0 Å². The zero-order valence-corrected chi connectivity index (χ0v) is 16.5. The molecule has 0 saturated heterocycles. The molecular weight excluding hydrogens is 410 g/mol. The maximum absolute atomic E-state index is 14.3. The summed E-state index contributed by atoms with van der Waals surface area (Å²) in [6.07, 6.45) is 1.23. The van der Waals surface area contributed by atoms with Crippen molar-refractivity contribution < 1.29 is 18.3 Å². The van der Waals surface area contributed by atoms with Gasteiger partial charge in [0.1, 0.15) is 19.0 Å². The molecule has 0 radical (unpaired) electrons. The van der Waals surface area contributed by atoms with Crippen molar-refractivity contribution in [3.05, 3.63) is 22.0 Å². The summed E-state index contributed by atoms with van der Waals surface area (Å²) in [5.74, 6) is -2.01. The van der Waals surface area contributed by atoms with Crippen LogP contribution in [0.1, 0.15) is 0 Å². The summed E-state index contributed by atoms with van der Waals surface area (Å²) >= 11 is 8.39. The summed E-state index contributed by atoms with van der Waals surface area (Å²) in [5.41, 5.74) is -0.350. The van der Waals surface area contributed by atoms with Gasteiger partial charge in [0.25, 0.3) is 11.0 Å². The minimum Gasteiger partial charge on any atom is -0.361 e. The highest BCUT2D eigenvalue weighted by molar-refractivity contribution is 9.11. The molecule has 0 spiro atoms. The minimum atomic E-state index is -2.87. The Morgan fingerprint density at radius 1 is 1.52 bits per heavy atom. The Morgan fingerprint density at radius 2 is 2.17 bits per heavy atom. The SMILES string of the molecule is C[Si](C)(C)CCOCN1CN=C2C=C(Br)C(F)(Cl)C(F)=C2C1=O. The van der Waals surface area contributed by atoms with Gasteiger partial charge in [0, 0.05) is 14.7 Å². The second-order valence-electron chi connectivity index (χ2n) is 6.63. The standard InChI is InChI=1S/C14H18BrClF2N2O2Si/c1-23(2,3)5-4-22-8-20-7-19-9-6-10(15)14(16,18)12(17)11(9)13(20)21/h6H,4-5,7-8H2,1-3H3. The smallest absolute Gasteiger partial charge is 0.267 e. The van der Waals surface area contributed by atoms with E-state index in [-0.39, 0.29) is 23.6 Å². The predicted molar refractivity (Wildman–Crippen MR) is 93.0 cm³/mol. The molecule has 1 aliphatic heterocycles. The zero-order valence-electron chi connectivity index (χ0n) is 13.1. The number of aliphatic imine (C=N–C) groups is 1. The van der Waals surface area contributed by atoms with E-state index in [2.05, 4.69) is 40.6 Å². The van der Waals surface area contributed by atoms with Crippen molar-refractivity contribution >= 4 is 47.2 Å². The fraction of sp³-hybridized carbons (Fsp3) is 0.571. The van der Waals surface area contributed by atoms with E-state index in [1.165, 1.54) is 11.0 Å². The van der Waals surface area contributed by atoms with Crippen LogP contribution in [0.2, 0.25) is 25.7 Å². The Balaban J connectivity index is 2.09. The molecule has 2 aliphatic rings. The van der Waals surface area contributed by atoms with Crippen molar-refractivity contribution in [2.75, 3.05) is 20.0 Å². The highest BCUT2D eigenvalue weighted by atomic mass is 79.9. The number of carbonyl (C=O) groups excluding carboxylic acids is 1. The number of alkyl halides is 2. The van der Waals surface area contributed by atoms with Gasteiger partial charge in [-0.2, -0.15) is 0 Å². The van der Waals surface area contributed by atoms with Crippen LogP contribution in [-0.2, 0) is 9.53 Å².